The van der Waals surface area contributed by atoms with Crippen molar-refractivity contribution >= 4 is 11.6 Å². The highest BCUT2D eigenvalue weighted by molar-refractivity contribution is 6.31. The number of hydrogen-bond acceptors (Lipinski definition) is 1. The Balaban J connectivity index is 2.48. The molecule has 0 saturated heterocycles. The first kappa shape index (κ1) is 11.9. The lowest BCUT2D eigenvalue weighted by atomic mass is 9.61. The average Bonchev–Trinajstić information content (AvgIpc) is 2.23. The highest BCUT2D eigenvalue weighted by Crippen LogP contribution is 2.49. The molecule has 1 aliphatic carbocycles. The van der Waals surface area contributed by atoms with Crippen molar-refractivity contribution in [3.8, 4) is 0 Å². The highest BCUT2D eigenvalue weighted by atomic mass is 35.5. The van der Waals surface area contributed by atoms with E-state index >= 15 is 0 Å². The highest BCUT2D eigenvalue weighted by Gasteiger charge is 2.45. The van der Waals surface area contributed by atoms with Crippen LogP contribution in [-0.4, -0.2) is 0 Å². The molecule has 0 radical (unpaired) electrons. The van der Waals surface area contributed by atoms with E-state index in [0.29, 0.717) is 0 Å². The largest absolute Gasteiger partial charge is 0.321 e. The smallest absolute Gasteiger partial charge is 0.0476 e. The third-order valence-electron chi connectivity index (χ3n) is 4.19. The quantitative estimate of drug-likeness (QED) is 0.782. The van der Waals surface area contributed by atoms with Gasteiger partial charge in [0.05, 0.1) is 0 Å². The molecule has 1 aliphatic rings. The van der Waals surface area contributed by atoms with Crippen LogP contribution in [0.25, 0.3) is 0 Å². The summed E-state index contributed by atoms with van der Waals surface area (Å²) in [6.07, 6.45) is 4.68. The minimum absolute atomic E-state index is 0.121. The first-order valence-corrected chi connectivity index (χ1v) is 6.39. The molecule has 0 amide bonds. The lowest BCUT2D eigenvalue weighted by Gasteiger charge is -2.48. The van der Waals surface area contributed by atoms with Crippen molar-refractivity contribution in [1.29, 1.82) is 0 Å². The van der Waals surface area contributed by atoms with Gasteiger partial charge >= 0.3 is 0 Å². The van der Waals surface area contributed by atoms with E-state index in [0.717, 1.165) is 17.0 Å². The molecule has 2 rings (SSSR count). The molecular formula is C14H20ClN. The molecule has 1 saturated carbocycles. The summed E-state index contributed by atoms with van der Waals surface area (Å²) in [5, 5.41) is 0.806. The molecule has 0 aliphatic heterocycles. The summed E-state index contributed by atoms with van der Waals surface area (Å²) in [5.74, 6) is 0. The fraction of sp³-hybridized carbons (Fsp3) is 0.571. The predicted octanol–water partition coefficient (Wildman–Crippen LogP) is 4.09. The van der Waals surface area contributed by atoms with Crippen molar-refractivity contribution in [3.05, 3.63) is 34.9 Å². The average molecular weight is 238 g/mol. The normalized spacial score (nSPS) is 29.0. The van der Waals surface area contributed by atoms with Gasteiger partial charge in [-0.1, -0.05) is 56.5 Å². The molecule has 2 N–H and O–H groups in total. The zero-order chi connectivity index (χ0) is 11.8. The SMILES string of the molecule is CC1(C)CCCCC1(N)c1ccccc1Cl. The molecular weight excluding hydrogens is 218 g/mol. The summed E-state index contributed by atoms with van der Waals surface area (Å²) < 4.78 is 0. The number of halogens is 1. The van der Waals surface area contributed by atoms with Crippen LogP contribution in [0.1, 0.15) is 45.1 Å². The molecule has 1 aromatic carbocycles. The van der Waals surface area contributed by atoms with Gasteiger partial charge < -0.3 is 5.73 Å². The van der Waals surface area contributed by atoms with Crippen molar-refractivity contribution in [1.82, 2.24) is 0 Å². The van der Waals surface area contributed by atoms with Crippen LogP contribution in [-0.2, 0) is 5.54 Å². The van der Waals surface area contributed by atoms with Gasteiger partial charge in [-0.2, -0.15) is 0 Å². The Bertz CT molecular complexity index is 386. The Morgan fingerprint density at radius 1 is 1.12 bits per heavy atom. The zero-order valence-corrected chi connectivity index (χ0v) is 10.8. The van der Waals surface area contributed by atoms with E-state index < -0.39 is 0 Å². The van der Waals surface area contributed by atoms with Crippen LogP contribution < -0.4 is 5.73 Å². The summed E-state index contributed by atoms with van der Waals surface area (Å²) in [6, 6.07) is 8.01. The number of rotatable bonds is 1. The van der Waals surface area contributed by atoms with E-state index in [1.165, 1.54) is 19.3 Å². The molecule has 0 aromatic heterocycles. The van der Waals surface area contributed by atoms with Gasteiger partial charge in [0.2, 0.25) is 0 Å². The molecule has 1 aromatic rings. The first-order chi connectivity index (χ1) is 7.47. The Hall–Kier alpha value is -0.530. The van der Waals surface area contributed by atoms with Gasteiger partial charge in [0.1, 0.15) is 0 Å². The van der Waals surface area contributed by atoms with Gasteiger partial charge in [-0.3, -0.25) is 0 Å². The second kappa shape index (κ2) is 4.05. The van der Waals surface area contributed by atoms with Crippen molar-refractivity contribution in [2.45, 2.75) is 45.1 Å². The van der Waals surface area contributed by atoms with Crippen LogP contribution in [0.15, 0.2) is 24.3 Å². The van der Waals surface area contributed by atoms with Gasteiger partial charge in [0, 0.05) is 10.6 Å². The molecule has 88 valence electrons. The fourth-order valence-electron chi connectivity index (χ4n) is 2.85. The lowest BCUT2D eigenvalue weighted by molar-refractivity contribution is 0.0979. The van der Waals surface area contributed by atoms with E-state index in [4.69, 9.17) is 17.3 Å². The van der Waals surface area contributed by atoms with Crippen LogP contribution in [0.2, 0.25) is 5.02 Å². The Labute approximate surface area is 103 Å². The molecule has 1 nitrogen and oxygen atoms in total. The van der Waals surface area contributed by atoms with Crippen LogP contribution >= 0.6 is 11.6 Å². The Morgan fingerprint density at radius 3 is 2.38 bits per heavy atom. The van der Waals surface area contributed by atoms with Crippen molar-refractivity contribution in [2.75, 3.05) is 0 Å². The molecule has 16 heavy (non-hydrogen) atoms. The standard InChI is InChI=1S/C14H20ClN/c1-13(2)9-5-6-10-14(13,16)11-7-3-4-8-12(11)15/h3-4,7-8H,5-6,9-10,16H2,1-2H3. The molecule has 2 heteroatoms. The van der Waals surface area contributed by atoms with Gasteiger partial charge in [-0.15, -0.1) is 0 Å². The van der Waals surface area contributed by atoms with Crippen LogP contribution in [0.5, 0.6) is 0 Å². The monoisotopic (exact) mass is 237 g/mol. The van der Waals surface area contributed by atoms with Crippen molar-refractivity contribution < 1.29 is 0 Å². The summed E-state index contributed by atoms with van der Waals surface area (Å²) in [5.41, 5.74) is 7.63. The number of hydrogen-bond donors (Lipinski definition) is 1. The van der Waals surface area contributed by atoms with Gasteiger partial charge in [-0.25, -0.2) is 0 Å². The molecule has 1 atom stereocenters. The molecule has 1 fully saturated rings. The summed E-state index contributed by atoms with van der Waals surface area (Å²) in [4.78, 5) is 0. The number of benzene rings is 1. The van der Waals surface area contributed by atoms with Gasteiger partial charge in [0.15, 0.2) is 0 Å². The second-order valence-corrected chi connectivity index (χ2v) is 5.95. The maximum atomic E-state index is 6.67. The fourth-order valence-corrected chi connectivity index (χ4v) is 3.16. The van der Waals surface area contributed by atoms with E-state index in [-0.39, 0.29) is 11.0 Å². The predicted molar refractivity (Wildman–Crippen MR) is 69.6 cm³/mol. The molecule has 1 unspecified atom stereocenters. The minimum atomic E-state index is -0.274. The molecule has 0 bridgehead atoms. The van der Waals surface area contributed by atoms with E-state index in [2.05, 4.69) is 19.9 Å². The first-order valence-electron chi connectivity index (χ1n) is 6.01. The van der Waals surface area contributed by atoms with Crippen molar-refractivity contribution in [3.63, 3.8) is 0 Å². The van der Waals surface area contributed by atoms with Gasteiger partial charge in [-0.05, 0) is 29.9 Å². The third kappa shape index (κ3) is 1.76. The summed E-state index contributed by atoms with van der Waals surface area (Å²) in [7, 11) is 0. The van der Waals surface area contributed by atoms with E-state index in [1.807, 2.05) is 18.2 Å². The molecule has 0 heterocycles. The minimum Gasteiger partial charge on any atom is -0.321 e. The van der Waals surface area contributed by atoms with Crippen LogP contribution in [0.4, 0.5) is 0 Å². The van der Waals surface area contributed by atoms with Crippen LogP contribution in [0.3, 0.4) is 0 Å². The zero-order valence-electron chi connectivity index (χ0n) is 10.1. The maximum Gasteiger partial charge on any atom is 0.0476 e. The molecule has 0 spiro atoms. The topological polar surface area (TPSA) is 26.0 Å². The number of nitrogens with two attached hydrogens (primary N) is 1. The van der Waals surface area contributed by atoms with E-state index in [9.17, 15) is 0 Å². The van der Waals surface area contributed by atoms with E-state index in [1.54, 1.807) is 0 Å². The second-order valence-electron chi connectivity index (χ2n) is 5.54. The third-order valence-corrected chi connectivity index (χ3v) is 4.51. The van der Waals surface area contributed by atoms with Gasteiger partial charge in [0.25, 0.3) is 0 Å². The summed E-state index contributed by atoms with van der Waals surface area (Å²) >= 11 is 6.29. The van der Waals surface area contributed by atoms with Crippen LogP contribution in [0, 0.1) is 5.41 Å². The van der Waals surface area contributed by atoms with Crippen molar-refractivity contribution in [2.24, 2.45) is 11.1 Å². The lowest BCUT2D eigenvalue weighted by Crippen LogP contribution is -2.51. The Kier molecular flexibility index (Phi) is 3.02. The Morgan fingerprint density at radius 2 is 1.75 bits per heavy atom. The maximum absolute atomic E-state index is 6.67. The summed E-state index contributed by atoms with van der Waals surface area (Å²) in [6.45, 7) is 4.52.